The summed E-state index contributed by atoms with van der Waals surface area (Å²) in [6.07, 6.45) is 3.29. The Kier molecular flexibility index (Phi) is 2.69. The van der Waals surface area contributed by atoms with Crippen molar-refractivity contribution in [3.8, 4) is 0 Å². The molecule has 0 N–H and O–H groups in total. The molecule has 0 radical (unpaired) electrons. The molecule has 0 spiro atoms. The molecule has 2 nitrogen and oxygen atoms in total. The van der Waals surface area contributed by atoms with Crippen LogP contribution in [0.15, 0.2) is 12.2 Å². The van der Waals surface area contributed by atoms with Crippen molar-refractivity contribution in [3.63, 3.8) is 0 Å². The van der Waals surface area contributed by atoms with Gasteiger partial charge in [0.1, 0.15) is 0 Å². The van der Waals surface area contributed by atoms with Crippen molar-refractivity contribution in [1.29, 1.82) is 0 Å². The molecule has 0 aliphatic carbocycles. The fraction of sp³-hybridized carbons (Fsp3) is 0.667. The molecule has 0 aromatic carbocycles. The van der Waals surface area contributed by atoms with Crippen molar-refractivity contribution in [3.05, 3.63) is 12.2 Å². The monoisotopic (exact) mass is 154 g/mol. The van der Waals surface area contributed by atoms with Gasteiger partial charge in [0.25, 0.3) is 0 Å². The third-order valence-corrected chi connectivity index (χ3v) is 1.92. The standard InChI is InChI=1S/C9H14O2/c1-7-3-5-8(2)11-9(10)6-4-7/h8H,1,3-6H2,2H3. The van der Waals surface area contributed by atoms with Crippen molar-refractivity contribution in [2.75, 3.05) is 0 Å². The molecule has 11 heavy (non-hydrogen) atoms. The van der Waals surface area contributed by atoms with Crippen molar-refractivity contribution in [1.82, 2.24) is 0 Å². The highest BCUT2D eigenvalue weighted by molar-refractivity contribution is 5.70. The summed E-state index contributed by atoms with van der Waals surface area (Å²) < 4.78 is 5.06. The second kappa shape index (κ2) is 3.56. The number of esters is 1. The minimum Gasteiger partial charge on any atom is -0.463 e. The third-order valence-electron chi connectivity index (χ3n) is 1.92. The van der Waals surface area contributed by atoms with E-state index in [2.05, 4.69) is 6.58 Å². The number of cyclic esters (lactones) is 1. The summed E-state index contributed by atoms with van der Waals surface area (Å²) in [6.45, 7) is 5.80. The summed E-state index contributed by atoms with van der Waals surface area (Å²) in [5.74, 6) is -0.0849. The van der Waals surface area contributed by atoms with Crippen LogP contribution >= 0.6 is 0 Å². The van der Waals surface area contributed by atoms with Crippen LogP contribution in [0.3, 0.4) is 0 Å². The van der Waals surface area contributed by atoms with Crippen LogP contribution in [0, 0.1) is 0 Å². The van der Waals surface area contributed by atoms with Gasteiger partial charge in [0, 0.05) is 6.42 Å². The molecule has 1 aliphatic heterocycles. The molecule has 1 aliphatic rings. The lowest BCUT2D eigenvalue weighted by molar-refractivity contribution is -0.148. The molecule has 62 valence electrons. The molecule has 1 heterocycles. The van der Waals surface area contributed by atoms with Gasteiger partial charge in [0.2, 0.25) is 0 Å². The Morgan fingerprint density at radius 2 is 2.18 bits per heavy atom. The van der Waals surface area contributed by atoms with Crippen LogP contribution in [0.5, 0.6) is 0 Å². The highest BCUT2D eigenvalue weighted by Crippen LogP contribution is 2.17. The summed E-state index contributed by atoms with van der Waals surface area (Å²) in [5.41, 5.74) is 1.17. The number of carbonyl (C=O) groups is 1. The third kappa shape index (κ3) is 2.74. The van der Waals surface area contributed by atoms with Crippen LogP contribution in [0.1, 0.15) is 32.6 Å². The molecule has 1 atom stereocenters. The first-order chi connectivity index (χ1) is 5.18. The van der Waals surface area contributed by atoms with Gasteiger partial charge < -0.3 is 4.74 Å². The van der Waals surface area contributed by atoms with E-state index in [1.165, 1.54) is 5.57 Å². The molecule has 1 unspecified atom stereocenters. The molecule has 1 fully saturated rings. The highest BCUT2D eigenvalue weighted by Gasteiger charge is 2.13. The van der Waals surface area contributed by atoms with E-state index in [0.717, 1.165) is 19.3 Å². The Hall–Kier alpha value is -0.790. The Morgan fingerprint density at radius 3 is 2.91 bits per heavy atom. The molecule has 0 saturated carbocycles. The maximum absolute atomic E-state index is 10.9. The fourth-order valence-corrected chi connectivity index (χ4v) is 1.15. The van der Waals surface area contributed by atoms with Gasteiger partial charge in [-0.1, -0.05) is 12.2 Å². The number of hydrogen-bond donors (Lipinski definition) is 0. The largest absolute Gasteiger partial charge is 0.463 e. The van der Waals surface area contributed by atoms with E-state index >= 15 is 0 Å². The zero-order valence-corrected chi connectivity index (χ0v) is 6.93. The summed E-state index contributed by atoms with van der Waals surface area (Å²) in [7, 11) is 0. The predicted molar refractivity (Wildman–Crippen MR) is 43.2 cm³/mol. The van der Waals surface area contributed by atoms with Crippen molar-refractivity contribution < 1.29 is 9.53 Å². The number of allylic oxidation sites excluding steroid dienone is 1. The van der Waals surface area contributed by atoms with Crippen LogP contribution in [0.4, 0.5) is 0 Å². The highest BCUT2D eigenvalue weighted by atomic mass is 16.5. The van der Waals surface area contributed by atoms with Gasteiger partial charge in [-0.05, 0) is 26.2 Å². The number of rotatable bonds is 0. The second-order valence-corrected chi connectivity index (χ2v) is 3.09. The minimum absolute atomic E-state index is 0.0690. The van der Waals surface area contributed by atoms with Crippen LogP contribution in [0.25, 0.3) is 0 Å². The van der Waals surface area contributed by atoms with Crippen LogP contribution in [0.2, 0.25) is 0 Å². The molecule has 0 aromatic rings. The average Bonchev–Trinajstić information content (AvgIpc) is 1.95. The quantitative estimate of drug-likeness (QED) is 0.394. The molecule has 2 heteroatoms. The Bertz CT molecular complexity index is 172. The maximum atomic E-state index is 10.9. The predicted octanol–water partition coefficient (Wildman–Crippen LogP) is 2.05. The first kappa shape index (κ1) is 8.31. The van der Waals surface area contributed by atoms with Gasteiger partial charge in [-0.25, -0.2) is 0 Å². The van der Waals surface area contributed by atoms with Crippen LogP contribution < -0.4 is 0 Å². The first-order valence-corrected chi connectivity index (χ1v) is 4.04. The van der Waals surface area contributed by atoms with E-state index in [4.69, 9.17) is 4.74 Å². The minimum atomic E-state index is -0.0849. The number of ether oxygens (including phenoxy) is 1. The van der Waals surface area contributed by atoms with E-state index in [0.29, 0.717) is 6.42 Å². The van der Waals surface area contributed by atoms with E-state index in [9.17, 15) is 4.79 Å². The Labute approximate surface area is 67.2 Å². The fourth-order valence-electron chi connectivity index (χ4n) is 1.15. The molecule has 0 amide bonds. The Morgan fingerprint density at radius 1 is 1.45 bits per heavy atom. The van der Waals surface area contributed by atoms with E-state index in [-0.39, 0.29) is 12.1 Å². The van der Waals surface area contributed by atoms with Crippen molar-refractivity contribution in [2.24, 2.45) is 0 Å². The second-order valence-electron chi connectivity index (χ2n) is 3.09. The lowest BCUT2D eigenvalue weighted by atomic mass is 10.0. The smallest absolute Gasteiger partial charge is 0.306 e. The van der Waals surface area contributed by atoms with E-state index in [1.807, 2.05) is 6.92 Å². The summed E-state index contributed by atoms with van der Waals surface area (Å²) in [6, 6.07) is 0. The van der Waals surface area contributed by atoms with Crippen molar-refractivity contribution in [2.45, 2.75) is 38.7 Å². The van der Waals surface area contributed by atoms with Crippen LogP contribution in [-0.2, 0) is 9.53 Å². The van der Waals surface area contributed by atoms with Crippen LogP contribution in [-0.4, -0.2) is 12.1 Å². The number of carbonyl (C=O) groups excluding carboxylic acids is 1. The SMILES string of the molecule is C=C1CCC(=O)OC(C)CC1. The van der Waals surface area contributed by atoms with Crippen molar-refractivity contribution >= 4 is 5.97 Å². The Balaban J connectivity index is 2.47. The summed E-state index contributed by atoms with van der Waals surface area (Å²) in [4.78, 5) is 10.9. The van der Waals surface area contributed by atoms with E-state index in [1.54, 1.807) is 0 Å². The molecule has 0 bridgehead atoms. The van der Waals surface area contributed by atoms with Gasteiger partial charge in [0.15, 0.2) is 0 Å². The normalized spacial score (nSPS) is 27.2. The zero-order valence-electron chi connectivity index (χ0n) is 6.93. The van der Waals surface area contributed by atoms with E-state index < -0.39 is 0 Å². The maximum Gasteiger partial charge on any atom is 0.306 e. The summed E-state index contributed by atoms with van der Waals surface area (Å²) >= 11 is 0. The average molecular weight is 154 g/mol. The van der Waals surface area contributed by atoms with Gasteiger partial charge in [0.05, 0.1) is 6.10 Å². The van der Waals surface area contributed by atoms with Gasteiger partial charge in [-0.3, -0.25) is 4.79 Å². The van der Waals surface area contributed by atoms with Gasteiger partial charge in [-0.15, -0.1) is 0 Å². The lowest BCUT2D eigenvalue weighted by Gasteiger charge is -2.17. The molecule has 0 aromatic heterocycles. The molecular weight excluding hydrogens is 140 g/mol. The molecular formula is C9H14O2. The topological polar surface area (TPSA) is 26.3 Å². The zero-order chi connectivity index (χ0) is 8.27. The van der Waals surface area contributed by atoms with Gasteiger partial charge in [-0.2, -0.15) is 0 Å². The number of hydrogen-bond acceptors (Lipinski definition) is 2. The molecule has 1 rings (SSSR count). The molecule has 1 saturated heterocycles. The van der Waals surface area contributed by atoms with Gasteiger partial charge >= 0.3 is 5.97 Å². The lowest BCUT2D eigenvalue weighted by Crippen LogP contribution is -2.17. The first-order valence-electron chi connectivity index (χ1n) is 4.04. The summed E-state index contributed by atoms with van der Waals surface area (Å²) in [5, 5.41) is 0.